The molecule has 0 unspecified atom stereocenters. The average Bonchev–Trinajstić information content (AvgIpc) is 2.91. The number of aromatic nitrogens is 2. The molecule has 0 saturated carbocycles. The zero-order valence-electron chi connectivity index (χ0n) is 15.3. The number of nitrogens with zero attached hydrogens (tertiary/aromatic N) is 3. The lowest BCUT2D eigenvalue weighted by atomic mass is 10.2. The van der Waals surface area contributed by atoms with E-state index < -0.39 is 0 Å². The van der Waals surface area contributed by atoms with Gasteiger partial charge in [-0.2, -0.15) is 5.10 Å². The molecule has 1 aromatic heterocycles. The molecule has 0 spiro atoms. The zero-order chi connectivity index (χ0) is 19.4. The largest absolute Gasteiger partial charge is 0.497 e. The number of carbonyl (C=O) groups excluding carboxylic acids is 1. The van der Waals surface area contributed by atoms with E-state index in [0.717, 1.165) is 5.69 Å². The molecule has 0 aliphatic rings. The van der Waals surface area contributed by atoms with Gasteiger partial charge in [0.05, 0.1) is 24.7 Å². The van der Waals surface area contributed by atoms with Gasteiger partial charge in [-0.25, -0.2) is 10.1 Å². The van der Waals surface area contributed by atoms with Crippen LogP contribution in [0.2, 0.25) is 0 Å². The van der Waals surface area contributed by atoms with E-state index >= 15 is 0 Å². The zero-order valence-corrected chi connectivity index (χ0v) is 15.3. The van der Waals surface area contributed by atoms with Crippen LogP contribution in [-0.2, 0) is 7.05 Å². The Morgan fingerprint density at radius 2 is 1.78 bits per heavy atom. The van der Waals surface area contributed by atoms with E-state index in [-0.39, 0.29) is 11.5 Å². The van der Waals surface area contributed by atoms with Crippen molar-refractivity contribution in [2.75, 3.05) is 7.11 Å². The normalized spacial score (nSPS) is 10.9. The van der Waals surface area contributed by atoms with Crippen LogP contribution in [0.3, 0.4) is 0 Å². The van der Waals surface area contributed by atoms with Crippen LogP contribution in [0.25, 0.3) is 5.69 Å². The van der Waals surface area contributed by atoms with Crippen molar-refractivity contribution in [1.29, 1.82) is 0 Å². The van der Waals surface area contributed by atoms with E-state index in [9.17, 15) is 9.59 Å². The van der Waals surface area contributed by atoms with Gasteiger partial charge in [0.1, 0.15) is 5.75 Å². The van der Waals surface area contributed by atoms with Gasteiger partial charge in [0.25, 0.3) is 11.5 Å². The molecular weight excluding hydrogens is 344 g/mol. The number of hydrazone groups is 1. The average molecular weight is 364 g/mol. The van der Waals surface area contributed by atoms with Crippen molar-refractivity contribution in [2.24, 2.45) is 12.1 Å². The molecule has 0 aliphatic carbocycles. The maximum Gasteiger partial charge on any atom is 0.274 e. The molecule has 0 radical (unpaired) electrons. The highest BCUT2D eigenvalue weighted by Crippen LogP contribution is 2.11. The summed E-state index contributed by atoms with van der Waals surface area (Å²) < 4.78 is 8.33. The molecule has 1 amide bonds. The standard InChI is InChI=1S/C20H20N4O3/c1-14-18(23(2)24(20(14)26)16-7-5-4-6-8-16)13-21-22-19(25)15-9-11-17(27-3)12-10-15/h4-13H,1-3H3,(H,22,25)/b21-13-. The van der Waals surface area contributed by atoms with Gasteiger partial charge in [-0.05, 0) is 43.3 Å². The number of rotatable bonds is 5. The van der Waals surface area contributed by atoms with Gasteiger partial charge in [0.15, 0.2) is 0 Å². The lowest BCUT2D eigenvalue weighted by Crippen LogP contribution is -2.20. The van der Waals surface area contributed by atoms with Crippen LogP contribution in [0, 0.1) is 6.92 Å². The predicted molar refractivity (Wildman–Crippen MR) is 104 cm³/mol. The fraction of sp³-hybridized carbons (Fsp3) is 0.150. The maximum atomic E-state index is 12.6. The van der Waals surface area contributed by atoms with Crippen LogP contribution >= 0.6 is 0 Å². The summed E-state index contributed by atoms with van der Waals surface area (Å²) in [4.78, 5) is 24.7. The quantitative estimate of drug-likeness (QED) is 0.557. The number of carbonyl (C=O) groups is 1. The molecule has 0 saturated heterocycles. The first-order valence-corrected chi connectivity index (χ1v) is 8.34. The Labute approximate surface area is 156 Å². The second-order valence-electron chi connectivity index (χ2n) is 5.91. The highest BCUT2D eigenvalue weighted by Gasteiger charge is 2.14. The Morgan fingerprint density at radius 3 is 2.41 bits per heavy atom. The summed E-state index contributed by atoms with van der Waals surface area (Å²) in [5.41, 5.74) is 4.71. The van der Waals surface area contributed by atoms with E-state index in [0.29, 0.717) is 22.6 Å². The third-order valence-corrected chi connectivity index (χ3v) is 4.25. The van der Waals surface area contributed by atoms with Crippen LogP contribution < -0.4 is 15.7 Å². The van der Waals surface area contributed by atoms with Gasteiger partial charge in [-0.15, -0.1) is 0 Å². The summed E-state index contributed by atoms with van der Waals surface area (Å²) in [7, 11) is 3.33. The Morgan fingerprint density at radius 1 is 1.11 bits per heavy atom. The van der Waals surface area contributed by atoms with Gasteiger partial charge < -0.3 is 4.74 Å². The van der Waals surface area contributed by atoms with E-state index in [1.807, 2.05) is 30.3 Å². The van der Waals surface area contributed by atoms with Crippen LogP contribution in [0.15, 0.2) is 64.5 Å². The minimum atomic E-state index is -0.348. The summed E-state index contributed by atoms with van der Waals surface area (Å²) in [6, 6.07) is 16.0. The van der Waals surface area contributed by atoms with Crippen LogP contribution in [0.4, 0.5) is 0 Å². The Hall–Kier alpha value is -3.61. The van der Waals surface area contributed by atoms with Gasteiger partial charge in [-0.1, -0.05) is 18.2 Å². The molecule has 0 fully saturated rings. The first-order chi connectivity index (χ1) is 13.0. The van der Waals surface area contributed by atoms with Gasteiger partial charge >= 0.3 is 0 Å². The van der Waals surface area contributed by atoms with Crippen molar-refractivity contribution >= 4 is 12.1 Å². The van der Waals surface area contributed by atoms with Gasteiger partial charge in [-0.3, -0.25) is 14.3 Å². The topological polar surface area (TPSA) is 77.6 Å². The fourth-order valence-electron chi connectivity index (χ4n) is 2.75. The van der Waals surface area contributed by atoms with Crippen molar-refractivity contribution in [2.45, 2.75) is 6.92 Å². The van der Waals surface area contributed by atoms with Crippen LogP contribution in [-0.4, -0.2) is 28.6 Å². The molecule has 138 valence electrons. The Kier molecular flexibility index (Phi) is 5.21. The second-order valence-corrected chi connectivity index (χ2v) is 5.91. The first kappa shape index (κ1) is 18.2. The molecule has 27 heavy (non-hydrogen) atoms. The molecule has 1 N–H and O–H groups in total. The van der Waals surface area contributed by atoms with Crippen molar-refractivity contribution in [3.05, 3.63) is 81.8 Å². The number of ether oxygens (including phenoxy) is 1. The molecule has 3 aromatic rings. The molecule has 3 rings (SSSR count). The third kappa shape index (κ3) is 3.67. The summed E-state index contributed by atoms with van der Waals surface area (Å²) in [5, 5.41) is 4.00. The number of benzene rings is 2. The Bertz CT molecular complexity index is 1030. The smallest absolute Gasteiger partial charge is 0.274 e. The van der Waals surface area contributed by atoms with E-state index in [4.69, 9.17) is 4.74 Å². The van der Waals surface area contributed by atoms with E-state index in [1.54, 1.807) is 54.7 Å². The fourth-order valence-corrected chi connectivity index (χ4v) is 2.75. The predicted octanol–water partition coefficient (Wildman–Crippen LogP) is 2.26. The lowest BCUT2D eigenvalue weighted by Gasteiger charge is -2.08. The Balaban J connectivity index is 1.81. The summed E-state index contributed by atoms with van der Waals surface area (Å²) in [5.74, 6) is 0.321. The minimum Gasteiger partial charge on any atom is -0.497 e. The highest BCUT2D eigenvalue weighted by atomic mass is 16.5. The van der Waals surface area contributed by atoms with Crippen molar-refractivity contribution in [3.8, 4) is 11.4 Å². The van der Waals surface area contributed by atoms with E-state index in [1.165, 1.54) is 6.21 Å². The van der Waals surface area contributed by atoms with Crippen LogP contribution in [0.5, 0.6) is 5.75 Å². The number of para-hydroxylation sites is 1. The maximum absolute atomic E-state index is 12.6. The minimum absolute atomic E-state index is 0.133. The van der Waals surface area contributed by atoms with Crippen molar-refractivity contribution in [1.82, 2.24) is 14.8 Å². The number of methoxy groups -OCH3 is 1. The highest BCUT2D eigenvalue weighted by molar-refractivity contribution is 5.94. The van der Waals surface area contributed by atoms with Crippen molar-refractivity contribution < 1.29 is 9.53 Å². The number of nitrogens with one attached hydrogen (secondary N) is 1. The number of amides is 1. The van der Waals surface area contributed by atoms with Gasteiger partial charge in [0.2, 0.25) is 0 Å². The molecular formula is C20H20N4O3. The van der Waals surface area contributed by atoms with E-state index in [2.05, 4.69) is 10.5 Å². The van der Waals surface area contributed by atoms with Crippen molar-refractivity contribution in [3.63, 3.8) is 0 Å². The molecule has 7 nitrogen and oxygen atoms in total. The van der Waals surface area contributed by atoms with Crippen LogP contribution in [0.1, 0.15) is 21.6 Å². The molecule has 2 aromatic carbocycles. The second kappa shape index (κ2) is 7.74. The summed E-state index contributed by atoms with van der Waals surface area (Å²) >= 11 is 0. The van der Waals surface area contributed by atoms with Gasteiger partial charge in [0, 0.05) is 18.2 Å². The number of hydrogen-bond acceptors (Lipinski definition) is 4. The third-order valence-electron chi connectivity index (χ3n) is 4.25. The lowest BCUT2D eigenvalue weighted by molar-refractivity contribution is 0.0955. The first-order valence-electron chi connectivity index (χ1n) is 8.34. The monoisotopic (exact) mass is 364 g/mol. The molecule has 0 bridgehead atoms. The summed E-state index contributed by atoms with van der Waals surface area (Å²) in [6.07, 6.45) is 1.47. The summed E-state index contributed by atoms with van der Waals surface area (Å²) in [6.45, 7) is 1.73. The molecule has 0 atom stereocenters. The molecule has 1 heterocycles. The SMILES string of the molecule is COc1ccc(C(=O)N/N=C\c2c(C)c(=O)n(-c3ccccc3)n2C)cc1. The number of hydrogen-bond donors (Lipinski definition) is 1. The molecule has 7 heteroatoms. The molecule has 0 aliphatic heterocycles.